The van der Waals surface area contributed by atoms with Crippen molar-refractivity contribution in [3.05, 3.63) is 46.0 Å². The Morgan fingerprint density at radius 1 is 1.33 bits per heavy atom. The van der Waals surface area contributed by atoms with E-state index in [0.29, 0.717) is 24.6 Å². The highest BCUT2D eigenvalue weighted by Crippen LogP contribution is 2.25. The minimum atomic E-state index is -0.824. The van der Waals surface area contributed by atoms with Crippen molar-refractivity contribution in [2.24, 2.45) is 5.41 Å². The molecule has 0 fully saturated rings. The van der Waals surface area contributed by atoms with E-state index in [-0.39, 0.29) is 6.42 Å². The summed E-state index contributed by atoms with van der Waals surface area (Å²) in [5.41, 5.74) is 0.683. The molecule has 0 radical (unpaired) electrons. The van der Waals surface area contributed by atoms with Crippen LogP contribution in [0, 0.1) is 5.41 Å². The second kappa shape index (κ2) is 6.39. The smallest absolute Gasteiger partial charge is 0.303 e. The standard InChI is InChI=1S/C15H17BrN2O3/c1-15(2,9-14(19)20)8-13-17-12(18-21-13)7-10-3-5-11(16)6-4-10/h3-6H,7-9H2,1-2H3,(H,19,20). The molecule has 1 aromatic carbocycles. The molecule has 6 heteroatoms. The summed E-state index contributed by atoms with van der Waals surface area (Å²) in [6, 6.07) is 7.92. The summed E-state index contributed by atoms with van der Waals surface area (Å²) >= 11 is 3.39. The zero-order valence-corrected chi connectivity index (χ0v) is 13.6. The van der Waals surface area contributed by atoms with Gasteiger partial charge in [-0.3, -0.25) is 4.79 Å². The molecule has 0 spiro atoms. The number of rotatable bonds is 6. The summed E-state index contributed by atoms with van der Waals surface area (Å²) in [6.45, 7) is 3.75. The summed E-state index contributed by atoms with van der Waals surface area (Å²) < 4.78 is 6.24. The molecule has 1 N–H and O–H groups in total. The van der Waals surface area contributed by atoms with E-state index in [0.717, 1.165) is 10.0 Å². The van der Waals surface area contributed by atoms with Gasteiger partial charge < -0.3 is 9.63 Å². The molecule has 2 aromatic rings. The third-order valence-corrected chi connectivity index (χ3v) is 3.57. The predicted octanol–water partition coefficient (Wildman–Crippen LogP) is 3.47. The van der Waals surface area contributed by atoms with E-state index in [1.165, 1.54) is 0 Å². The molecule has 0 saturated carbocycles. The molecular weight excluding hydrogens is 336 g/mol. The van der Waals surface area contributed by atoms with Crippen LogP contribution in [0.3, 0.4) is 0 Å². The summed E-state index contributed by atoms with van der Waals surface area (Å²) in [4.78, 5) is 15.1. The number of nitrogens with zero attached hydrogens (tertiary/aromatic N) is 2. The zero-order valence-electron chi connectivity index (χ0n) is 12.0. The second-order valence-electron chi connectivity index (χ2n) is 5.82. The third-order valence-electron chi connectivity index (χ3n) is 3.05. The van der Waals surface area contributed by atoms with Gasteiger partial charge in [0.1, 0.15) is 0 Å². The van der Waals surface area contributed by atoms with Crippen LogP contribution in [0.4, 0.5) is 0 Å². The second-order valence-corrected chi connectivity index (χ2v) is 6.73. The average Bonchev–Trinajstić information content (AvgIpc) is 2.77. The van der Waals surface area contributed by atoms with Crippen molar-refractivity contribution in [2.75, 3.05) is 0 Å². The van der Waals surface area contributed by atoms with E-state index >= 15 is 0 Å². The van der Waals surface area contributed by atoms with Gasteiger partial charge in [-0.2, -0.15) is 4.98 Å². The minimum Gasteiger partial charge on any atom is -0.481 e. The molecule has 1 aromatic heterocycles. The van der Waals surface area contributed by atoms with Crippen LogP contribution in [-0.2, 0) is 17.6 Å². The fraction of sp³-hybridized carbons (Fsp3) is 0.400. The Bertz CT molecular complexity index is 620. The van der Waals surface area contributed by atoms with Gasteiger partial charge in [-0.25, -0.2) is 0 Å². The van der Waals surface area contributed by atoms with Gasteiger partial charge in [0.15, 0.2) is 5.82 Å². The monoisotopic (exact) mass is 352 g/mol. The van der Waals surface area contributed by atoms with Crippen molar-refractivity contribution in [1.29, 1.82) is 0 Å². The first-order valence-electron chi connectivity index (χ1n) is 6.62. The molecule has 5 nitrogen and oxygen atoms in total. The molecule has 0 saturated heterocycles. The van der Waals surface area contributed by atoms with E-state index < -0.39 is 11.4 Å². The lowest BCUT2D eigenvalue weighted by molar-refractivity contribution is -0.139. The first kappa shape index (κ1) is 15.7. The zero-order chi connectivity index (χ0) is 15.5. The van der Waals surface area contributed by atoms with E-state index in [1.54, 1.807) is 0 Å². The molecule has 0 aliphatic heterocycles. The molecule has 21 heavy (non-hydrogen) atoms. The Hall–Kier alpha value is -1.69. The maximum Gasteiger partial charge on any atom is 0.303 e. The quantitative estimate of drug-likeness (QED) is 0.861. The van der Waals surface area contributed by atoms with Crippen LogP contribution >= 0.6 is 15.9 Å². The molecule has 0 atom stereocenters. The van der Waals surface area contributed by atoms with Gasteiger partial charge in [-0.15, -0.1) is 0 Å². The lowest BCUT2D eigenvalue weighted by Gasteiger charge is -2.19. The average molecular weight is 353 g/mol. The van der Waals surface area contributed by atoms with Crippen molar-refractivity contribution in [1.82, 2.24) is 10.1 Å². The van der Waals surface area contributed by atoms with Crippen molar-refractivity contribution >= 4 is 21.9 Å². The molecular formula is C15H17BrN2O3. The fourth-order valence-corrected chi connectivity index (χ4v) is 2.36. The first-order valence-corrected chi connectivity index (χ1v) is 7.41. The number of benzene rings is 1. The van der Waals surface area contributed by atoms with Gasteiger partial charge in [-0.1, -0.05) is 47.1 Å². The molecule has 0 aliphatic rings. The summed E-state index contributed by atoms with van der Waals surface area (Å²) in [7, 11) is 0. The topological polar surface area (TPSA) is 76.2 Å². The first-order chi connectivity index (χ1) is 9.84. The number of halogens is 1. The Labute approximate surface area is 131 Å². The predicted molar refractivity (Wildman–Crippen MR) is 81.0 cm³/mol. The third kappa shape index (κ3) is 4.97. The van der Waals surface area contributed by atoms with Crippen molar-refractivity contribution in [3.8, 4) is 0 Å². The number of aromatic nitrogens is 2. The molecule has 112 valence electrons. The van der Waals surface area contributed by atoms with Crippen LogP contribution in [0.15, 0.2) is 33.3 Å². The van der Waals surface area contributed by atoms with Gasteiger partial charge in [0.2, 0.25) is 5.89 Å². The van der Waals surface area contributed by atoms with Gasteiger partial charge in [-0.05, 0) is 23.1 Å². The fourth-order valence-electron chi connectivity index (χ4n) is 2.10. The van der Waals surface area contributed by atoms with E-state index in [9.17, 15) is 4.79 Å². The lowest BCUT2D eigenvalue weighted by Crippen LogP contribution is -2.19. The van der Waals surface area contributed by atoms with Crippen molar-refractivity contribution < 1.29 is 14.4 Å². The van der Waals surface area contributed by atoms with E-state index in [2.05, 4.69) is 26.1 Å². The van der Waals surface area contributed by atoms with Crippen LogP contribution in [0.25, 0.3) is 0 Å². The van der Waals surface area contributed by atoms with Gasteiger partial charge in [0.25, 0.3) is 0 Å². The molecule has 0 aliphatic carbocycles. The molecule has 2 rings (SSSR count). The number of carboxylic acid groups (broad SMARTS) is 1. The van der Waals surface area contributed by atoms with Gasteiger partial charge in [0.05, 0.1) is 6.42 Å². The Morgan fingerprint density at radius 2 is 2.00 bits per heavy atom. The highest BCUT2D eigenvalue weighted by atomic mass is 79.9. The highest BCUT2D eigenvalue weighted by Gasteiger charge is 2.25. The molecule has 0 unspecified atom stereocenters. The Morgan fingerprint density at radius 3 is 2.62 bits per heavy atom. The maximum absolute atomic E-state index is 10.8. The SMILES string of the molecule is CC(C)(CC(=O)O)Cc1nc(Cc2ccc(Br)cc2)no1. The highest BCUT2D eigenvalue weighted by molar-refractivity contribution is 9.10. The van der Waals surface area contributed by atoms with Gasteiger partial charge in [0, 0.05) is 17.3 Å². The van der Waals surface area contributed by atoms with Gasteiger partial charge >= 0.3 is 5.97 Å². The summed E-state index contributed by atoms with van der Waals surface area (Å²) in [5.74, 6) is 0.265. The van der Waals surface area contributed by atoms with Crippen LogP contribution in [0.2, 0.25) is 0 Å². The van der Waals surface area contributed by atoms with E-state index in [4.69, 9.17) is 9.63 Å². The largest absolute Gasteiger partial charge is 0.481 e. The number of hydrogen-bond acceptors (Lipinski definition) is 4. The van der Waals surface area contributed by atoms with Crippen LogP contribution in [-0.4, -0.2) is 21.2 Å². The van der Waals surface area contributed by atoms with Crippen LogP contribution in [0.5, 0.6) is 0 Å². The lowest BCUT2D eigenvalue weighted by atomic mass is 9.86. The van der Waals surface area contributed by atoms with Crippen LogP contribution in [0.1, 0.15) is 37.5 Å². The van der Waals surface area contributed by atoms with Crippen molar-refractivity contribution in [3.63, 3.8) is 0 Å². The summed E-state index contributed by atoms with van der Waals surface area (Å²) in [6.07, 6.45) is 1.11. The maximum atomic E-state index is 10.8. The number of carbonyl (C=O) groups is 1. The Kier molecular flexibility index (Phi) is 4.77. The van der Waals surface area contributed by atoms with Crippen LogP contribution < -0.4 is 0 Å². The number of hydrogen-bond donors (Lipinski definition) is 1. The normalized spacial score (nSPS) is 11.6. The molecule has 1 heterocycles. The van der Waals surface area contributed by atoms with E-state index in [1.807, 2.05) is 38.1 Å². The number of aliphatic carboxylic acids is 1. The minimum absolute atomic E-state index is 0.0669. The number of carboxylic acids is 1. The molecule has 0 amide bonds. The summed E-state index contributed by atoms with van der Waals surface area (Å²) in [5, 5.41) is 12.8. The molecule has 0 bridgehead atoms. The Balaban J connectivity index is 2.01. The van der Waals surface area contributed by atoms with Crippen molar-refractivity contribution in [2.45, 2.75) is 33.1 Å².